The summed E-state index contributed by atoms with van der Waals surface area (Å²) in [6.07, 6.45) is 1.85. The molecule has 6 heteroatoms. The summed E-state index contributed by atoms with van der Waals surface area (Å²) in [6.45, 7) is 3.42. The van der Waals surface area contributed by atoms with E-state index < -0.39 is 0 Å². The number of likely N-dealkylation sites (tertiary alicyclic amines) is 1. The molecular formula is C15H20Cl2N2O2. The zero-order valence-corrected chi connectivity index (χ0v) is 13.7. The van der Waals surface area contributed by atoms with Crippen LogP contribution < -0.4 is 10.5 Å². The highest BCUT2D eigenvalue weighted by Gasteiger charge is 2.27. The number of carbonyl (C=O) groups excluding carboxylic acids is 1. The summed E-state index contributed by atoms with van der Waals surface area (Å²) in [7, 11) is 1.51. The predicted octanol–water partition coefficient (Wildman–Crippen LogP) is 3.20. The molecule has 1 fully saturated rings. The third-order valence-electron chi connectivity index (χ3n) is 4.04. The first-order chi connectivity index (χ1) is 9.93. The van der Waals surface area contributed by atoms with E-state index in [9.17, 15) is 4.79 Å². The maximum Gasteiger partial charge on any atom is 0.257 e. The van der Waals surface area contributed by atoms with Crippen LogP contribution in [0.3, 0.4) is 0 Å². The molecule has 116 valence electrons. The van der Waals surface area contributed by atoms with Crippen LogP contribution in [0.1, 0.15) is 30.1 Å². The molecule has 1 aliphatic heterocycles. The van der Waals surface area contributed by atoms with E-state index in [1.54, 1.807) is 12.1 Å². The van der Waals surface area contributed by atoms with E-state index in [0.717, 1.165) is 12.8 Å². The first-order valence-electron chi connectivity index (χ1n) is 7.02. The number of nitrogens with two attached hydrogens (primary N) is 1. The van der Waals surface area contributed by atoms with E-state index in [4.69, 9.17) is 33.7 Å². The minimum absolute atomic E-state index is 0.0754. The predicted molar refractivity (Wildman–Crippen MR) is 85.3 cm³/mol. The molecule has 0 aromatic heterocycles. The highest BCUT2D eigenvalue weighted by molar-refractivity contribution is 6.42. The van der Waals surface area contributed by atoms with Crippen LogP contribution in [-0.4, -0.2) is 37.0 Å². The average Bonchev–Trinajstić information content (AvgIpc) is 2.49. The second kappa shape index (κ2) is 6.86. The van der Waals surface area contributed by atoms with Crippen molar-refractivity contribution in [1.82, 2.24) is 4.90 Å². The van der Waals surface area contributed by atoms with Crippen molar-refractivity contribution in [2.75, 3.05) is 20.2 Å². The maximum absolute atomic E-state index is 12.6. The number of nitrogens with zero attached hydrogens (tertiary/aromatic N) is 1. The molecular weight excluding hydrogens is 311 g/mol. The smallest absolute Gasteiger partial charge is 0.257 e. The molecule has 1 heterocycles. The van der Waals surface area contributed by atoms with Gasteiger partial charge in [-0.3, -0.25) is 4.79 Å². The number of ether oxygens (including phenoxy) is 1. The van der Waals surface area contributed by atoms with Gasteiger partial charge in [-0.15, -0.1) is 0 Å². The summed E-state index contributed by atoms with van der Waals surface area (Å²) in [5.41, 5.74) is 6.38. The van der Waals surface area contributed by atoms with Crippen LogP contribution >= 0.6 is 23.2 Å². The van der Waals surface area contributed by atoms with Crippen molar-refractivity contribution in [3.05, 3.63) is 27.7 Å². The Kier molecular flexibility index (Phi) is 5.36. The molecule has 0 aliphatic carbocycles. The van der Waals surface area contributed by atoms with Crippen LogP contribution in [0.4, 0.5) is 0 Å². The second-order valence-electron chi connectivity index (χ2n) is 5.46. The van der Waals surface area contributed by atoms with Crippen LogP contribution in [0.2, 0.25) is 10.0 Å². The van der Waals surface area contributed by atoms with E-state index in [1.807, 2.05) is 11.8 Å². The van der Waals surface area contributed by atoms with Gasteiger partial charge in [0.1, 0.15) is 5.75 Å². The van der Waals surface area contributed by atoms with E-state index in [-0.39, 0.29) is 11.9 Å². The molecule has 0 saturated carbocycles. The maximum atomic E-state index is 12.6. The molecule has 1 amide bonds. The number of methoxy groups -OCH3 is 1. The van der Waals surface area contributed by atoms with Gasteiger partial charge in [-0.1, -0.05) is 23.2 Å². The van der Waals surface area contributed by atoms with E-state index >= 15 is 0 Å². The molecule has 1 aromatic carbocycles. The fourth-order valence-corrected chi connectivity index (χ4v) is 2.98. The van der Waals surface area contributed by atoms with Crippen molar-refractivity contribution in [3.63, 3.8) is 0 Å². The number of amides is 1. The summed E-state index contributed by atoms with van der Waals surface area (Å²) in [5, 5.41) is 0.729. The van der Waals surface area contributed by atoms with Gasteiger partial charge in [-0.25, -0.2) is 0 Å². The topological polar surface area (TPSA) is 55.6 Å². The highest BCUT2D eigenvalue weighted by atomic mass is 35.5. The first-order valence-corrected chi connectivity index (χ1v) is 7.77. The Morgan fingerprint density at radius 2 is 1.90 bits per heavy atom. The van der Waals surface area contributed by atoms with Gasteiger partial charge in [0.05, 0.1) is 22.7 Å². The molecule has 0 radical (unpaired) electrons. The summed E-state index contributed by atoms with van der Waals surface area (Å²) >= 11 is 12.0. The summed E-state index contributed by atoms with van der Waals surface area (Å²) in [6, 6.07) is 3.32. The number of hydrogen-bond acceptors (Lipinski definition) is 3. The highest BCUT2D eigenvalue weighted by Crippen LogP contribution is 2.32. The molecule has 0 spiro atoms. The summed E-state index contributed by atoms with van der Waals surface area (Å²) in [4.78, 5) is 14.5. The van der Waals surface area contributed by atoms with Gasteiger partial charge in [-0.05, 0) is 31.7 Å². The fourth-order valence-electron chi connectivity index (χ4n) is 2.66. The Morgan fingerprint density at radius 3 is 2.43 bits per heavy atom. The fraction of sp³-hybridized carbons (Fsp3) is 0.533. The molecule has 1 atom stereocenters. The minimum atomic E-state index is -0.0754. The number of piperidine rings is 1. The Hall–Kier alpha value is -0.970. The van der Waals surface area contributed by atoms with Gasteiger partial charge in [0.15, 0.2) is 0 Å². The molecule has 1 unspecified atom stereocenters. The van der Waals surface area contributed by atoms with Crippen LogP contribution in [-0.2, 0) is 0 Å². The van der Waals surface area contributed by atoms with E-state index in [2.05, 4.69) is 0 Å². The lowest BCUT2D eigenvalue weighted by molar-refractivity contribution is 0.0677. The molecule has 1 saturated heterocycles. The van der Waals surface area contributed by atoms with Gasteiger partial charge in [0.2, 0.25) is 0 Å². The van der Waals surface area contributed by atoms with Crippen molar-refractivity contribution in [3.8, 4) is 5.75 Å². The van der Waals surface area contributed by atoms with Crippen LogP contribution in [0.25, 0.3) is 0 Å². The van der Waals surface area contributed by atoms with Crippen molar-refractivity contribution in [1.29, 1.82) is 0 Å². The lowest BCUT2D eigenvalue weighted by Gasteiger charge is -2.34. The van der Waals surface area contributed by atoms with Gasteiger partial charge in [-0.2, -0.15) is 0 Å². The number of carbonyl (C=O) groups is 1. The Bertz CT molecular complexity index is 527. The first kappa shape index (κ1) is 16.4. The molecule has 2 N–H and O–H groups in total. The van der Waals surface area contributed by atoms with Crippen LogP contribution in [0.5, 0.6) is 5.75 Å². The normalized spacial score (nSPS) is 17.7. The molecule has 4 nitrogen and oxygen atoms in total. The number of benzene rings is 1. The molecule has 0 bridgehead atoms. The van der Waals surface area contributed by atoms with E-state index in [1.165, 1.54) is 7.11 Å². The molecule has 21 heavy (non-hydrogen) atoms. The van der Waals surface area contributed by atoms with Crippen LogP contribution in [0, 0.1) is 5.92 Å². The zero-order valence-electron chi connectivity index (χ0n) is 12.2. The third kappa shape index (κ3) is 3.62. The summed E-state index contributed by atoms with van der Waals surface area (Å²) < 4.78 is 5.24. The lowest BCUT2D eigenvalue weighted by atomic mass is 9.90. The largest absolute Gasteiger partial charge is 0.496 e. The molecule has 1 aromatic rings. The zero-order chi connectivity index (χ0) is 15.6. The monoisotopic (exact) mass is 330 g/mol. The Balaban J connectivity index is 2.16. The van der Waals surface area contributed by atoms with Gasteiger partial charge in [0.25, 0.3) is 5.91 Å². The average molecular weight is 331 g/mol. The van der Waals surface area contributed by atoms with Gasteiger partial charge in [0, 0.05) is 25.2 Å². The standard InChI is InChI=1S/C15H20Cl2N2O2/c1-9(18)10-3-5-19(6-4-10)15(20)11-7-12(16)13(17)8-14(11)21-2/h7-10H,3-6,18H2,1-2H3. The van der Waals surface area contributed by atoms with Crippen LogP contribution in [0.15, 0.2) is 12.1 Å². The quantitative estimate of drug-likeness (QED) is 0.925. The number of hydrogen-bond donors (Lipinski definition) is 1. The Morgan fingerprint density at radius 1 is 1.33 bits per heavy atom. The van der Waals surface area contributed by atoms with E-state index in [0.29, 0.717) is 40.4 Å². The number of halogens is 2. The lowest BCUT2D eigenvalue weighted by Crippen LogP contribution is -2.42. The van der Waals surface area contributed by atoms with Gasteiger partial charge < -0.3 is 15.4 Å². The second-order valence-corrected chi connectivity index (χ2v) is 6.27. The summed E-state index contributed by atoms with van der Waals surface area (Å²) in [5.74, 6) is 0.849. The minimum Gasteiger partial charge on any atom is -0.496 e. The third-order valence-corrected chi connectivity index (χ3v) is 4.77. The molecule has 1 aliphatic rings. The SMILES string of the molecule is COc1cc(Cl)c(Cl)cc1C(=O)N1CCC(C(C)N)CC1. The van der Waals surface area contributed by atoms with Crippen molar-refractivity contribution in [2.45, 2.75) is 25.8 Å². The Labute approximate surface area is 135 Å². The van der Waals surface area contributed by atoms with Crippen molar-refractivity contribution >= 4 is 29.1 Å². The van der Waals surface area contributed by atoms with Crippen molar-refractivity contribution in [2.24, 2.45) is 11.7 Å². The van der Waals surface area contributed by atoms with Gasteiger partial charge >= 0.3 is 0 Å². The number of rotatable bonds is 3. The molecule has 2 rings (SSSR count). The van der Waals surface area contributed by atoms with Crippen molar-refractivity contribution < 1.29 is 9.53 Å².